The molecule has 1 heterocycles. The third-order valence-electron chi connectivity index (χ3n) is 2.67. The third kappa shape index (κ3) is 4.26. The van der Waals surface area contributed by atoms with E-state index in [1.807, 2.05) is 6.92 Å². The van der Waals surface area contributed by atoms with Crippen molar-refractivity contribution in [1.82, 2.24) is 15.3 Å². The van der Waals surface area contributed by atoms with Crippen LogP contribution in [0.4, 0.5) is 17.5 Å². The van der Waals surface area contributed by atoms with Crippen LogP contribution >= 0.6 is 0 Å². The van der Waals surface area contributed by atoms with Crippen LogP contribution in [0.25, 0.3) is 0 Å². The van der Waals surface area contributed by atoms with E-state index in [0.29, 0.717) is 19.0 Å². The topological polar surface area (TPSA) is 113 Å². The average Bonchev–Trinajstić information content (AvgIpc) is 2.37. The van der Waals surface area contributed by atoms with E-state index in [-0.39, 0.29) is 29.7 Å². The third-order valence-corrected chi connectivity index (χ3v) is 2.67. The number of rotatable bonds is 7. The molecule has 116 valence electrons. The van der Waals surface area contributed by atoms with Gasteiger partial charge in [0, 0.05) is 20.1 Å². The highest BCUT2D eigenvalue weighted by atomic mass is 16.6. The number of nitro groups is 1. The largest absolute Gasteiger partial charge is 0.355 e. The predicted molar refractivity (Wildman–Crippen MR) is 79.5 cm³/mol. The summed E-state index contributed by atoms with van der Waals surface area (Å²) in [5, 5.41) is 16.8. The fourth-order valence-electron chi connectivity index (χ4n) is 1.81. The van der Waals surface area contributed by atoms with Gasteiger partial charge in [-0.1, -0.05) is 0 Å². The fraction of sp³-hybridized carbons (Fsp3) is 0.583. The van der Waals surface area contributed by atoms with Crippen LogP contribution < -0.4 is 15.5 Å². The highest BCUT2D eigenvalue weighted by Gasteiger charge is 2.25. The van der Waals surface area contributed by atoms with Crippen molar-refractivity contribution in [2.45, 2.75) is 20.8 Å². The van der Waals surface area contributed by atoms with Gasteiger partial charge in [0.05, 0.1) is 11.5 Å². The van der Waals surface area contributed by atoms with E-state index in [9.17, 15) is 14.9 Å². The average molecular weight is 296 g/mol. The lowest BCUT2D eigenvalue weighted by Crippen LogP contribution is -2.35. The van der Waals surface area contributed by atoms with Crippen molar-refractivity contribution in [2.24, 2.45) is 0 Å². The molecule has 1 aromatic heterocycles. The Bertz CT molecular complexity index is 534. The van der Waals surface area contributed by atoms with Crippen LogP contribution in [0.2, 0.25) is 0 Å². The zero-order chi connectivity index (χ0) is 16.0. The summed E-state index contributed by atoms with van der Waals surface area (Å²) in [6.45, 7) is 6.30. The standard InChI is InChI=1S/C12H20N6O3/c1-5-13-9(19)7-17(4)11-10(18(20)21)8(3)15-12(16-11)14-6-2/h5-7H2,1-4H3,(H,13,19)(H,14,15,16). The molecule has 9 nitrogen and oxygen atoms in total. The van der Waals surface area contributed by atoms with E-state index in [1.165, 1.54) is 4.90 Å². The number of carbonyl (C=O) groups is 1. The van der Waals surface area contributed by atoms with Crippen molar-refractivity contribution >= 4 is 23.4 Å². The van der Waals surface area contributed by atoms with Crippen molar-refractivity contribution in [3.8, 4) is 0 Å². The van der Waals surface area contributed by atoms with E-state index in [4.69, 9.17) is 0 Å². The molecule has 21 heavy (non-hydrogen) atoms. The lowest BCUT2D eigenvalue weighted by Gasteiger charge is -2.18. The molecule has 0 saturated carbocycles. The van der Waals surface area contributed by atoms with Gasteiger partial charge in [0.25, 0.3) is 0 Å². The Kier molecular flexibility index (Phi) is 5.82. The SMILES string of the molecule is CCNC(=O)CN(C)c1nc(NCC)nc(C)c1[N+](=O)[O-]. The second-order valence-corrected chi connectivity index (χ2v) is 4.40. The summed E-state index contributed by atoms with van der Waals surface area (Å²) < 4.78 is 0. The number of aryl methyl sites for hydroxylation is 1. The van der Waals surface area contributed by atoms with Gasteiger partial charge >= 0.3 is 5.69 Å². The van der Waals surface area contributed by atoms with Gasteiger partial charge < -0.3 is 15.5 Å². The first-order valence-corrected chi connectivity index (χ1v) is 6.65. The molecule has 9 heteroatoms. The summed E-state index contributed by atoms with van der Waals surface area (Å²) >= 11 is 0. The summed E-state index contributed by atoms with van der Waals surface area (Å²) in [7, 11) is 1.58. The van der Waals surface area contributed by atoms with Gasteiger partial charge in [-0.2, -0.15) is 4.98 Å². The minimum absolute atomic E-state index is 0.0172. The molecule has 0 bridgehead atoms. The van der Waals surface area contributed by atoms with Gasteiger partial charge in [-0.05, 0) is 20.8 Å². The summed E-state index contributed by atoms with van der Waals surface area (Å²) in [6, 6.07) is 0. The highest BCUT2D eigenvalue weighted by Crippen LogP contribution is 2.28. The first-order chi connectivity index (χ1) is 9.90. The second kappa shape index (κ2) is 7.36. The van der Waals surface area contributed by atoms with Gasteiger partial charge in [0.2, 0.25) is 17.7 Å². The molecule has 1 amide bonds. The maximum atomic E-state index is 11.6. The summed E-state index contributed by atoms with van der Waals surface area (Å²) in [4.78, 5) is 31.9. The number of likely N-dealkylation sites (N-methyl/N-ethyl adjacent to an activating group) is 2. The number of hydrogen-bond acceptors (Lipinski definition) is 7. The molecule has 0 fully saturated rings. The zero-order valence-corrected chi connectivity index (χ0v) is 12.6. The lowest BCUT2D eigenvalue weighted by molar-refractivity contribution is -0.385. The minimum Gasteiger partial charge on any atom is -0.355 e. The van der Waals surface area contributed by atoms with Gasteiger partial charge in [-0.25, -0.2) is 4.98 Å². The molecule has 0 radical (unpaired) electrons. The van der Waals surface area contributed by atoms with E-state index >= 15 is 0 Å². The van der Waals surface area contributed by atoms with E-state index in [0.717, 1.165) is 0 Å². The molecule has 0 aliphatic heterocycles. The minimum atomic E-state index is -0.533. The van der Waals surface area contributed by atoms with Crippen LogP contribution in [0.3, 0.4) is 0 Å². The maximum Gasteiger partial charge on any atom is 0.332 e. The van der Waals surface area contributed by atoms with E-state index in [1.54, 1.807) is 20.9 Å². The Morgan fingerprint density at radius 2 is 2.00 bits per heavy atom. The molecular formula is C12H20N6O3. The molecule has 1 aromatic rings. The number of nitrogens with one attached hydrogen (secondary N) is 2. The van der Waals surface area contributed by atoms with Crippen LogP contribution in [0, 0.1) is 17.0 Å². The Morgan fingerprint density at radius 1 is 1.33 bits per heavy atom. The molecule has 2 N–H and O–H groups in total. The zero-order valence-electron chi connectivity index (χ0n) is 12.6. The van der Waals surface area contributed by atoms with Crippen LogP contribution in [-0.2, 0) is 4.79 Å². The molecule has 0 spiro atoms. The van der Waals surface area contributed by atoms with Crippen LogP contribution in [-0.4, -0.2) is 47.5 Å². The lowest BCUT2D eigenvalue weighted by atomic mass is 10.3. The number of hydrogen-bond donors (Lipinski definition) is 2. The molecule has 0 atom stereocenters. The van der Waals surface area contributed by atoms with Crippen LogP contribution in [0.1, 0.15) is 19.5 Å². The Balaban J connectivity index is 3.17. The maximum absolute atomic E-state index is 11.6. The predicted octanol–water partition coefficient (Wildman–Crippen LogP) is 0.697. The molecule has 0 aliphatic carbocycles. The van der Waals surface area contributed by atoms with Crippen LogP contribution in [0.5, 0.6) is 0 Å². The normalized spacial score (nSPS) is 10.1. The number of nitrogens with zero attached hydrogens (tertiary/aromatic N) is 4. The molecule has 0 unspecified atom stereocenters. The van der Waals surface area contributed by atoms with Gasteiger partial charge in [0.1, 0.15) is 5.69 Å². The molecule has 0 aliphatic rings. The van der Waals surface area contributed by atoms with Crippen molar-refractivity contribution in [3.05, 3.63) is 15.8 Å². The van der Waals surface area contributed by atoms with Gasteiger partial charge in [-0.3, -0.25) is 14.9 Å². The second-order valence-electron chi connectivity index (χ2n) is 4.40. The van der Waals surface area contributed by atoms with Gasteiger partial charge in [-0.15, -0.1) is 0 Å². The molecule has 0 aromatic carbocycles. The van der Waals surface area contributed by atoms with Crippen molar-refractivity contribution in [3.63, 3.8) is 0 Å². The van der Waals surface area contributed by atoms with E-state index in [2.05, 4.69) is 20.6 Å². The Labute approximate surface area is 122 Å². The molecule has 0 saturated heterocycles. The number of aromatic nitrogens is 2. The number of amides is 1. The Morgan fingerprint density at radius 3 is 2.52 bits per heavy atom. The monoisotopic (exact) mass is 296 g/mol. The van der Waals surface area contributed by atoms with Gasteiger partial charge in [0.15, 0.2) is 0 Å². The number of anilines is 2. The number of carbonyl (C=O) groups excluding carboxylic acids is 1. The smallest absolute Gasteiger partial charge is 0.332 e. The highest BCUT2D eigenvalue weighted by molar-refractivity contribution is 5.81. The van der Waals surface area contributed by atoms with Crippen molar-refractivity contribution in [1.29, 1.82) is 0 Å². The van der Waals surface area contributed by atoms with Crippen molar-refractivity contribution < 1.29 is 9.72 Å². The van der Waals surface area contributed by atoms with E-state index < -0.39 is 4.92 Å². The van der Waals surface area contributed by atoms with Crippen molar-refractivity contribution in [2.75, 3.05) is 36.9 Å². The first kappa shape index (κ1) is 16.6. The Hall–Kier alpha value is -2.45. The molecular weight excluding hydrogens is 276 g/mol. The quantitative estimate of drug-likeness (QED) is 0.562. The fourth-order valence-corrected chi connectivity index (χ4v) is 1.81. The summed E-state index contributed by atoms with van der Waals surface area (Å²) in [6.07, 6.45) is 0. The summed E-state index contributed by atoms with van der Waals surface area (Å²) in [5.74, 6) is 0.198. The first-order valence-electron chi connectivity index (χ1n) is 6.65. The molecule has 1 rings (SSSR count). The van der Waals surface area contributed by atoms with Crippen LogP contribution in [0.15, 0.2) is 0 Å². The summed E-state index contributed by atoms with van der Waals surface area (Å²) in [5.41, 5.74) is 0.0622.